The summed E-state index contributed by atoms with van der Waals surface area (Å²) >= 11 is 0. The van der Waals surface area contributed by atoms with Gasteiger partial charge in [0.05, 0.1) is 23.1 Å². The third kappa shape index (κ3) is 5.96. The number of nitrogens with zero attached hydrogens (tertiary/aromatic N) is 3. The molecular formula is C26H33N5O4. The summed E-state index contributed by atoms with van der Waals surface area (Å²) in [6.45, 7) is 4.41. The summed E-state index contributed by atoms with van der Waals surface area (Å²) in [6.07, 6.45) is 8.58. The second-order valence-corrected chi connectivity index (χ2v) is 9.37. The van der Waals surface area contributed by atoms with Crippen LogP contribution in [0.3, 0.4) is 0 Å². The van der Waals surface area contributed by atoms with Crippen LogP contribution in [0.2, 0.25) is 0 Å². The van der Waals surface area contributed by atoms with Crippen LogP contribution in [0.4, 0.5) is 0 Å². The third-order valence-corrected chi connectivity index (χ3v) is 6.91. The van der Waals surface area contributed by atoms with Crippen LogP contribution in [0, 0.1) is 12.3 Å². The van der Waals surface area contributed by atoms with E-state index in [1.54, 1.807) is 11.0 Å². The largest absolute Gasteiger partial charge is 0.493 e. The number of fused-ring (bicyclic) bond motifs is 1. The molecule has 2 aliphatic rings. The van der Waals surface area contributed by atoms with E-state index < -0.39 is 5.41 Å². The molecule has 2 aromatic rings. The molecule has 0 radical (unpaired) electrons. The van der Waals surface area contributed by atoms with Gasteiger partial charge in [0, 0.05) is 38.6 Å². The van der Waals surface area contributed by atoms with E-state index in [0.717, 1.165) is 24.8 Å². The highest BCUT2D eigenvalue weighted by atomic mass is 16.5. The second kappa shape index (κ2) is 11.3. The van der Waals surface area contributed by atoms with Crippen molar-refractivity contribution in [1.29, 1.82) is 0 Å². The van der Waals surface area contributed by atoms with Crippen molar-refractivity contribution in [2.24, 2.45) is 5.41 Å². The van der Waals surface area contributed by atoms with Gasteiger partial charge in [-0.05, 0) is 56.7 Å². The zero-order chi connectivity index (χ0) is 24.7. The Bertz CT molecular complexity index is 1050. The Morgan fingerprint density at radius 2 is 1.74 bits per heavy atom. The van der Waals surface area contributed by atoms with Crippen LogP contribution in [0.15, 0.2) is 36.9 Å². The fraction of sp³-hybridized carbons (Fsp3) is 0.500. The Kier molecular flexibility index (Phi) is 7.94. The van der Waals surface area contributed by atoms with Crippen LogP contribution in [0.5, 0.6) is 5.75 Å². The maximum absolute atomic E-state index is 13.3. The lowest BCUT2D eigenvalue weighted by atomic mass is 9.73. The summed E-state index contributed by atoms with van der Waals surface area (Å²) in [7, 11) is 0. The van der Waals surface area contributed by atoms with Gasteiger partial charge in [-0.3, -0.25) is 14.4 Å². The normalized spacial score (nSPS) is 19.4. The van der Waals surface area contributed by atoms with Crippen molar-refractivity contribution < 1.29 is 19.1 Å². The van der Waals surface area contributed by atoms with Gasteiger partial charge in [0.2, 0.25) is 5.91 Å². The molecule has 0 bridgehead atoms. The Balaban J connectivity index is 1.41. The van der Waals surface area contributed by atoms with Crippen molar-refractivity contribution in [2.45, 2.75) is 45.4 Å². The molecule has 0 saturated carbocycles. The molecule has 186 valence electrons. The number of carbonyl (C=O) groups excluding carboxylic acids is 3. The number of amides is 3. The van der Waals surface area contributed by atoms with Crippen LogP contribution >= 0.6 is 0 Å². The minimum Gasteiger partial charge on any atom is -0.493 e. The lowest BCUT2D eigenvalue weighted by Gasteiger charge is -2.41. The molecule has 35 heavy (non-hydrogen) atoms. The van der Waals surface area contributed by atoms with Gasteiger partial charge in [0.1, 0.15) is 12.1 Å². The van der Waals surface area contributed by atoms with Crippen LogP contribution in [0.1, 0.15) is 64.8 Å². The van der Waals surface area contributed by atoms with E-state index in [-0.39, 0.29) is 17.7 Å². The molecule has 1 aromatic heterocycles. The van der Waals surface area contributed by atoms with Crippen molar-refractivity contribution in [3.8, 4) is 5.75 Å². The Morgan fingerprint density at radius 3 is 2.51 bits per heavy atom. The number of carbonyl (C=O) groups is 3. The number of hydrogen-bond acceptors (Lipinski definition) is 6. The van der Waals surface area contributed by atoms with E-state index in [4.69, 9.17) is 4.74 Å². The number of nitrogens with one attached hydrogen (secondary N) is 2. The first-order valence-electron chi connectivity index (χ1n) is 12.3. The number of aromatic nitrogens is 2. The lowest BCUT2D eigenvalue weighted by molar-refractivity contribution is -0.134. The van der Waals surface area contributed by atoms with Gasteiger partial charge in [-0.1, -0.05) is 12.5 Å². The molecule has 0 unspecified atom stereocenters. The number of likely N-dealkylation sites (tertiary alicyclic amines) is 1. The fourth-order valence-electron chi connectivity index (χ4n) is 4.79. The zero-order valence-electron chi connectivity index (χ0n) is 20.2. The predicted octanol–water partition coefficient (Wildman–Crippen LogP) is 2.51. The average Bonchev–Trinajstić information content (AvgIpc) is 2.88. The average molecular weight is 480 g/mol. The highest BCUT2D eigenvalue weighted by Gasteiger charge is 2.41. The minimum absolute atomic E-state index is 0.0443. The number of piperidine rings is 1. The summed E-state index contributed by atoms with van der Waals surface area (Å²) in [5.41, 5.74) is 1.50. The van der Waals surface area contributed by atoms with Crippen molar-refractivity contribution in [1.82, 2.24) is 25.5 Å². The standard InChI is InChI=1S/C26H33N5O4/c1-19-5-6-21-22(15-19)35-14-4-11-30-25(34)26(7-2-3-10-29-23(21)32)8-12-31(13-9-26)24(33)20-16-27-18-28-17-20/h5-6,15-18H,2-4,7-14H2,1H3,(H,29,32)(H,30,34). The van der Waals surface area contributed by atoms with Crippen molar-refractivity contribution >= 4 is 17.7 Å². The molecule has 1 aromatic carbocycles. The molecule has 9 nitrogen and oxygen atoms in total. The summed E-state index contributed by atoms with van der Waals surface area (Å²) in [4.78, 5) is 48.5. The maximum Gasteiger partial charge on any atom is 0.256 e. The third-order valence-electron chi connectivity index (χ3n) is 6.91. The lowest BCUT2D eigenvalue weighted by Crippen LogP contribution is -2.50. The van der Waals surface area contributed by atoms with Crippen LogP contribution in [0.25, 0.3) is 0 Å². The first kappa shape index (κ1) is 24.6. The van der Waals surface area contributed by atoms with Gasteiger partial charge in [0.25, 0.3) is 11.8 Å². The monoisotopic (exact) mass is 479 g/mol. The SMILES string of the molecule is Cc1ccc2c(c1)OCCCNC(=O)C1(CCCCNC2=O)CCN(C(=O)c2cncnc2)CC1. The zero-order valence-corrected chi connectivity index (χ0v) is 20.2. The van der Waals surface area contributed by atoms with Gasteiger partial charge < -0.3 is 20.3 Å². The summed E-state index contributed by atoms with van der Waals surface area (Å²) in [5.74, 6) is 0.368. The van der Waals surface area contributed by atoms with Gasteiger partial charge in [0.15, 0.2) is 0 Å². The first-order valence-corrected chi connectivity index (χ1v) is 12.3. The van der Waals surface area contributed by atoms with Crippen LogP contribution < -0.4 is 15.4 Å². The topological polar surface area (TPSA) is 114 Å². The number of ether oxygens (including phenoxy) is 1. The smallest absolute Gasteiger partial charge is 0.256 e. The Hall–Kier alpha value is -3.49. The molecule has 1 fully saturated rings. The van der Waals surface area contributed by atoms with E-state index >= 15 is 0 Å². The van der Waals surface area contributed by atoms with Gasteiger partial charge in [-0.25, -0.2) is 9.97 Å². The molecule has 2 aliphatic heterocycles. The highest BCUT2D eigenvalue weighted by molar-refractivity contribution is 5.97. The van der Waals surface area contributed by atoms with Crippen molar-refractivity contribution in [2.75, 3.05) is 32.8 Å². The Labute approximate surface area is 205 Å². The van der Waals surface area contributed by atoms with E-state index in [9.17, 15) is 14.4 Å². The molecule has 9 heteroatoms. The Morgan fingerprint density at radius 1 is 1.00 bits per heavy atom. The molecular weight excluding hydrogens is 446 g/mol. The molecule has 0 aliphatic carbocycles. The predicted molar refractivity (Wildman–Crippen MR) is 130 cm³/mol. The van der Waals surface area contributed by atoms with Crippen molar-refractivity contribution in [3.05, 3.63) is 53.6 Å². The number of benzene rings is 1. The number of aryl methyl sites for hydroxylation is 1. The molecule has 1 spiro atoms. The van der Waals surface area contributed by atoms with Gasteiger partial charge in [-0.15, -0.1) is 0 Å². The van der Waals surface area contributed by atoms with E-state index in [2.05, 4.69) is 20.6 Å². The van der Waals surface area contributed by atoms with E-state index in [1.165, 1.54) is 18.7 Å². The molecule has 2 N–H and O–H groups in total. The maximum atomic E-state index is 13.3. The molecule has 3 heterocycles. The fourth-order valence-corrected chi connectivity index (χ4v) is 4.79. The summed E-state index contributed by atoms with van der Waals surface area (Å²) in [5, 5.41) is 6.09. The number of rotatable bonds is 1. The van der Waals surface area contributed by atoms with Gasteiger partial charge >= 0.3 is 0 Å². The van der Waals surface area contributed by atoms with Gasteiger partial charge in [-0.2, -0.15) is 0 Å². The van der Waals surface area contributed by atoms with E-state index in [1.807, 2.05) is 19.1 Å². The molecule has 4 rings (SSSR count). The first-order chi connectivity index (χ1) is 17.0. The molecule has 1 saturated heterocycles. The molecule has 3 amide bonds. The van der Waals surface area contributed by atoms with Crippen LogP contribution in [-0.4, -0.2) is 65.4 Å². The molecule has 0 atom stereocenters. The van der Waals surface area contributed by atoms with Crippen LogP contribution in [-0.2, 0) is 4.79 Å². The van der Waals surface area contributed by atoms with E-state index in [0.29, 0.717) is 68.9 Å². The minimum atomic E-state index is -0.519. The second-order valence-electron chi connectivity index (χ2n) is 9.37. The summed E-state index contributed by atoms with van der Waals surface area (Å²) < 4.78 is 5.90. The quantitative estimate of drug-likeness (QED) is 0.650. The number of hydrogen-bond donors (Lipinski definition) is 2. The van der Waals surface area contributed by atoms with Crippen molar-refractivity contribution in [3.63, 3.8) is 0 Å². The highest BCUT2D eigenvalue weighted by Crippen LogP contribution is 2.37. The summed E-state index contributed by atoms with van der Waals surface area (Å²) in [6, 6.07) is 5.57.